The number of nitrogens with zero attached hydrogens (tertiary/aromatic N) is 1. The van der Waals surface area contributed by atoms with Gasteiger partial charge in [0.2, 0.25) is 11.5 Å². The summed E-state index contributed by atoms with van der Waals surface area (Å²) >= 11 is 0. The van der Waals surface area contributed by atoms with Gasteiger partial charge in [0.05, 0.1) is 46.1 Å². The van der Waals surface area contributed by atoms with Crippen LogP contribution in [0.1, 0.15) is 42.9 Å². The van der Waals surface area contributed by atoms with Crippen molar-refractivity contribution in [1.29, 1.82) is 0 Å². The molecule has 2 atom stereocenters. The Morgan fingerprint density at radius 2 is 1.53 bits per heavy atom. The zero-order valence-electron chi connectivity index (χ0n) is 19.0. The summed E-state index contributed by atoms with van der Waals surface area (Å²) < 4.78 is 33.5. The quantitative estimate of drug-likeness (QED) is 0.383. The van der Waals surface area contributed by atoms with Crippen molar-refractivity contribution in [2.45, 2.75) is 31.8 Å². The van der Waals surface area contributed by atoms with Crippen molar-refractivity contribution in [1.82, 2.24) is 0 Å². The molecule has 0 saturated carbocycles. The topological polar surface area (TPSA) is 98.5 Å². The Morgan fingerprint density at radius 3 is 2.06 bits per heavy atom. The highest BCUT2D eigenvalue weighted by atomic mass is 16.6. The molecular weight excluding hydrogens is 418 g/mol. The Morgan fingerprint density at radius 1 is 0.938 bits per heavy atom. The third-order valence-electron chi connectivity index (χ3n) is 5.46. The Kier molecular flexibility index (Phi) is 7.63. The monoisotopic (exact) mass is 447 g/mol. The smallest absolute Gasteiger partial charge is 0.315 e. The molecule has 0 spiro atoms. The highest BCUT2D eigenvalue weighted by Gasteiger charge is 2.35. The molecule has 9 heteroatoms. The molecule has 0 aromatic heterocycles. The number of rotatable bonds is 10. The number of hydrogen-bond donors (Lipinski definition) is 0. The van der Waals surface area contributed by atoms with Crippen LogP contribution >= 0.6 is 0 Å². The van der Waals surface area contributed by atoms with Gasteiger partial charge in [-0.15, -0.1) is 0 Å². The van der Waals surface area contributed by atoms with Gasteiger partial charge in [-0.3, -0.25) is 10.1 Å². The number of nitro benzene ring substituents is 1. The first-order chi connectivity index (χ1) is 15.5. The van der Waals surface area contributed by atoms with Gasteiger partial charge < -0.3 is 28.4 Å². The molecule has 32 heavy (non-hydrogen) atoms. The lowest BCUT2D eigenvalue weighted by Gasteiger charge is -2.22. The van der Waals surface area contributed by atoms with Gasteiger partial charge in [-0.05, 0) is 42.2 Å². The number of hydrogen-bond acceptors (Lipinski definition) is 8. The fraction of sp³-hybridized carbons (Fsp3) is 0.478. The lowest BCUT2D eigenvalue weighted by molar-refractivity contribution is -0.386. The zero-order chi connectivity index (χ0) is 23.3. The second-order valence-electron chi connectivity index (χ2n) is 7.32. The number of nitro groups is 1. The van der Waals surface area contributed by atoms with Crippen molar-refractivity contribution >= 4 is 5.69 Å². The summed E-state index contributed by atoms with van der Waals surface area (Å²) in [5, 5.41) is 11.8. The van der Waals surface area contributed by atoms with Crippen molar-refractivity contribution < 1.29 is 33.3 Å². The van der Waals surface area contributed by atoms with Crippen LogP contribution in [0.3, 0.4) is 0 Å². The molecule has 1 fully saturated rings. The zero-order valence-corrected chi connectivity index (χ0v) is 19.0. The van der Waals surface area contributed by atoms with Crippen LogP contribution in [0, 0.1) is 10.1 Å². The molecule has 0 radical (unpaired) electrons. The molecule has 3 rings (SSSR count). The molecule has 0 amide bonds. The second-order valence-corrected chi connectivity index (χ2v) is 7.32. The summed E-state index contributed by atoms with van der Waals surface area (Å²) in [6.45, 7) is 2.79. The molecule has 1 saturated heterocycles. The minimum atomic E-state index is -0.458. The fourth-order valence-corrected chi connectivity index (χ4v) is 3.98. The van der Waals surface area contributed by atoms with E-state index in [1.165, 1.54) is 13.2 Å². The lowest BCUT2D eigenvalue weighted by atomic mass is 9.88. The minimum Gasteiger partial charge on any atom is -0.493 e. The first-order valence-corrected chi connectivity index (χ1v) is 10.4. The average Bonchev–Trinajstić information content (AvgIpc) is 3.31. The predicted octanol–water partition coefficient (Wildman–Crippen LogP) is 4.66. The molecule has 0 N–H and O–H groups in total. The Hall–Kier alpha value is -3.20. The van der Waals surface area contributed by atoms with Crippen LogP contribution in [0.2, 0.25) is 0 Å². The van der Waals surface area contributed by atoms with Gasteiger partial charge >= 0.3 is 5.69 Å². The maximum atomic E-state index is 11.8. The molecule has 9 nitrogen and oxygen atoms in total. The van der Waals surface area contributed by atoms with Crippen LogP contribution in [-0.4, -0.2) is 46.6 Å². The van der Waals surface area contributed by atoms with Gasteiger partial charge in [0.1, 0.15) is 0 Å². The summed E-state index contributed by atoms with van der Waals surface area (Å²) in [4.78, 5) is 11.3. The molecule has 0 unspecified atom stereocenters. The van der Waals surface area contributed by atoms with Crippen molar-refractivity contribution in [2.24, 2.45) is 0 Å². The fourth-order valence-electron chi connectivity index (χ4n) is 3.98. The first-order valence-electron chi connectivity index (χ1n) is 10.4. The molecule has 2 aromatic rings. The van der Waals surface area contributed by atoms with E-state index in [-0.39, 0.29) is 17.4 Å². The second kappa shape index (κ2) is 10.4. The molecule has 1 aliphatic rings. The van der Waals surface area contributed by atoms with E-state index in [2.05, 4.69) is 0 Å². The van der Waals surface area contributed by atoms with Crippen LogP contribution in [0.25, 0.3) is 0 Å². The van der Waals surface area contributed by atoms with E-state index in [4.69, 9.17) is 28.4 Å². The third kappa shape index (κ3) is 4.52. The third-order valence-corrected chi connectivity index (χ3v) is 5.46. The summed E-state index contributed by atoms with van der Waals surface area (Å²) in [6.07, 6.45) is 1.04. The van der Waals surface area contributed by atoms with E-state index in [1.807, 2.05) is 19.1 Å². The Labute approximate surface area is 187 Å². The maximum Gasteiger partial charge on any atom is 0.315 e. The van der Waals surface area contributed by atoms with Crippen molar-refractivity contribution in [3.05, 3.63) is 45.5 Å². The molecule has 1 aliphatic heterocycles. The number of methoxy groups -OCH3 is 4. The van der Waals surface area contributed by atoms with Crippen LogP contribution in [0.4, 0.5) is 5.69 Å². The van der Waals surface area contributed by atoms with Gasteiger partial charge in [0.25, 0.3) is 0 Å². The summed E-state index contributed by atoms with van der Waals surface area (Å²) in [5.74, 6) is 1.95. The average molecular weight is 447 g/mol. The molecule has 1 heterocycles. The largest absolute Gasteiger partial charge is 0.493 e. The standard InChI is InChI=1S/C23H29NO8/c1-6-8-31-22-17(24(25)26)10-15(13-18(22)27-2)21-16(7-9-32-21)14-11-19(28-3)23(30-5)20(12-14)29-4/h10-13,16,21H,6-9H2,1-5H3/t16-,21+/m1/s1. The lowest BCUT2D eigenvalue weighted by Crippen LogP contribution is -2.09. The van der Waals surface area contributed by atoms with Gasteiger partial charge in [-0.25, -0.2) is 0 Å². The highest BCUT2D eigenvalue weighted by molar-refractivity contribution is 5.59. The van der Waals surface area contributed by atoms with E-state index in [0.29, 0.717) is 41.8 Å². The summed E-state index contributed by atoms with van der Waals surface area (Å²) in [6, 6.07) is 7.03. The van der Waals surface area contributed by atoms with Gasteiger partial charge in [-0.2, -0.15) is 0 Å². The van der Waals surface area contributed by atoms with Gasteiger partial charge in [-0.1, -0.05) is 6.92 Å². The van der Waals surface area contributed by atoms with Crippen LogP contribution in [0.5, 0.6) is 28.7 Å². The van der Waals surface area contributed by atoms with E-state index >= 15 is 0 Å². The van der Waals surface area contributed by atoms with Crippen LogP contribution < -0.4 is 23.7 Å². The SMILES string of the molecule is CCCOc1c(OC)cc([C@@H]2OCC[C@@H]2c2cc(OC)c(OC)c(OC)c2)cc1[N+](=O)[O-]. The first kappa shape index (κ1) is 23.5. The Balaban J connectivity index is 2.06. The molecule has 0 aliphatic carbocycles. The highest BCUT2D eigenvalue weighted by Crippen LogP contribution is 2.49. The van der Waals surface area contributed by atoms with Crippen molar-refractivity contribution in [3.63, 3.8) is 0 Å². The summed E-state index contributed by atoms with van der Waals surface area (Å²) in [7, 11) is 6.14. The van der Waals surface area contributed by atoms with E-state index in [9.17, 15) is 10.1 Å². The van der Waals surface area contributed by atoms with Crippen molar-refractivity contribution in [3.8, 4) is 28.7 Å². The molecule has 0 bridgehead atoms. The molecule has 174 valence electrons. The minimum absolute atomic E-state index is 0.0737. The van der Waals surface area contributed by atoms with Crippen molar-refractivity contribution in [2.75, 3.05) is 41.7 Å². The maximum absolute atomic E-state index is 11.8. The van der Waals surface area contributed by atoms with Crippen LogP contribution in [0.15, 0.2) is 24.3 Å². The van der Waals surface area contributed by atoms with E-state index in [0.717, 1.165) is 18.4 Å². The van der Waals surface area contributed by atoms with E-state index < -0.39 is 11.0 Å². The van der Waals surface area contributed by atoms with Crippen LogP contribution in [-0.2, 0) is 4.74 Å². The molecule has 2 aromatic carbocycles. The van der Waals surface area contributed by atoms with Gasteiger partial charge in [0, 0.05) is 18.6 Å². The van der Waals surface area contributed by atoms with Gasteiger partial charge in [0.15, 0.2) is 17.2 Å². The molecular formula is C23H29NO8. The number of benzene rings is 2. The van der Waals surface area contributed by atoms with E-state index in [1.54, 1.807) is 27.4 Å². The Bertz CT molecular complexity index is 936. The number of ether oxygens (including phenoxy) is 6. The predicted molar refractivity (Wildman–Crippen MR) is 118 cm³/mol. The summed E-state index contributed by atoms with van der Waals surface area (Å²) in [5.41, 5.74) is 1.43. The normalized spacial score (nSPS) is 17.7.